The van der Waals surface area contributed by atoms with Gasteiger partial charge in [0.2, 0.25) is 5.91 Å². The van der Waals surface area contributed by atoms with Crippen molar-refractivity contribution in [2.45, 2.75) is 51.0 Å². The molecule has 1 aromatic rings. The number of hydrogen-bond acceptors (Lipinski definition) is 3. The Hall–Kier alpha value is -1.91. The van der Waals surface area contributed by atoms with Crippen LogP contribution in [0.25, 0.3) is 0 Å². The number of carbonyl (C=O) groups is 2. The molecule has 3 rings (SSSR count). The highest BCUT2D eigenvalue weighted by molar-refractivity contribution is 5.80. The van der Waals surface area contributed by atoms with Crippen molar-refractivity contribution in [1.82, 2.24) is 4.90 Å². The minimum atomic E-state index is -0.251. The lowest BCUT2D eigenvalue weighted by Gasteiger charge is -2.39. The molecule has 2 aliphatic rings. The van der Waals surface area contributed by atoms with E-state index >= 15 is 0 Å². The SMILES string of the molecule is COC(=O)C1CCC(C(=O)N2CCCC[C@H]2c2ccc(F)cc2)CC1. The van der Waals surface area contributed by atoms with Crippen LogP contribution < -0.4 is 0 Å². The maximum Gasteiger partial charge on any atom is 0.308 e. The lowest BCUT2D eigenvalue weighted by Crippen LogP contribution is -2.43. The van der Waals surface area contributed by atoms with Crippen LogP contribution in [0, 0.1) is 17.7 Å². The Bertz CT molecular complexity index is 608. The van der Waals surface area contributed by atoms with E-state index in [9.17, 15) is 14.0 Å². The molecule has 1 aliphatic carbocycles. The van der Waals surface area contributed by atoms with Crippen LogP contribution in [0.5, 0.6) is 0 Å². The maximum atomic E-state index is 13.2. The number of hydrogen-bond donors (Lipinski definition) is 0. The van der Waals surface area contributed by atoms with E-state index in [1.165, 1.54) is 19.2 Å². The Morgan fingerprint density at radius 2 is 1.64 bits per heavy atom. The number of ether oxygens (including phenoxy) is 1. The summed E-state index contributed by atoms with van der Waals surface area (Å²) < 4.78 is 18.0. The molecule has 0 bridgehead atoms. The van der Waals surface area contributed by atoms with Crippen LogP contribution in [0.15, 0.2) is 24.3 Å². The predicted octanol–water partition coefficient (Wildman–Crippen LogP) is 3.86. The van der Waals surface area contributed by atoms with Gasteiger partial charge in [0.15, 0.2) is 0 Å². The summed E-state index contributed by atoms with van der Waals surface area (Å²) in [6, 6.07) is 6.56. The summed E-state index contributed by atoms with van der Waals surface area (Å²) in [6.45, 7) is 0.762. The third-order valence-corrected chi connectivity index (χ3v) is 5.65. The number of nitrogens with zero attached hydrogens (tertiary/aromatic N) is 1. The number of piperidine rings is 1. The van der Waals surface area contributed by atoms with Crippen LogP contribution in [0.3, 0.4) is 0 Å². The average Bonchev–Trinajstić information content (AvgIpc) is 2.67. The normalized spacial score (nSPS) is 27.0. The van der Waals surface area contributed by atoms with Gasteiger partial charge in [0.1, 0.15) is 5.82 Å². The first-order valence-corrected chi connectivity index (χ1v) is 9.24. The molecule has 0 aromatic heterocycles. The smallest absolute Gasteiger partial charge is 0.308 e. The van der Waals surface area contributed by atoms with Crippen LogP contribution >= 0.6 is 0 Å². The van der Waals surface area contributed by atoms with Crippen LogP contribution in [0.1, 0.15) is 56.6 Å². The van der Waals surface area contributed by atoms with Gasteiger partial charge in [-0.15, -0.1) is 0 Å². The number of amides is 1. The zero-order valence-corrected chi connectivity index (χ0v) is 14.7. The van der Waals surface area contributed by atoms with E-state index in [-0.39, 0.29) is 35.6 Å². The van der Waals surface area contributed by atoms with E-state index in [1.807, 2.05) is 4.90 Å². The first kappa shape index (κ1) is 17.9. The fourth-order valence-electron chi connectivity index (χ4n) is 4.20. The molecule has 0 spiro atoms. The molecule has 0 unspecified atom stereocenters. The second-order valence-electron chi connectivity index (χ2n) is 7.17. The fourth-order valence-corrected chi connectivity index (χ4v) is 4.20. The molecular weight excluding hydrogens is 321 g/mol. The molecular formula is C20H26FNO3. The van der Waals surface area contributed by atoms with Crippen molar-refractivity contribution in [3.63, 3.8) is 0 Å². The fraction of sp³-hybridized carbons (Fsp3) is 0.600. The van der Waals surface area contributed by atoms with Gasteiger partial charge in [0, 0.05) is 12.5 Å². The standard InChI is InChI=1S/C20H26FNO3/c1-25-20(24)16-7-5-15(6-8-16)19(23)22-13-3-2-4-18(22)14-9-11-17(21)12-10-14/h9-12,15-16,18H,2-8,13H2,1H3/t15?,16?,18-/m0/s1. The van der Waals surface area contributed by atoms with Gasteiger partial charge in [-0.3, -0.25) is 9.59 Å². The second kappa shape index (κ2) is 7.98. The van der Waals surface area contributed by atoms with Gasteiger partial charge < -0.3 is 9.64 Å². The first-order valence-electron chi connectivity index (χ1n) is 9.24. The lowest BCUT2D eigenvalue weighted by molar-refractivity contribution is -0.149. The Kier molecular flexibility index (Phi) is 5.71. The molecule has 2 fully saturated rings. The highest BCUT2D eigenvalue weighted by atomic mass is 19.1. The van der Waals surface area contributed by atoms with Crippen molar-refractivity contribution >= 4 is 11.9 Å². The van der Waals surface area contributed by atoms with Crippen LogP contribution in [0.2, 0.25) is 0 Å². The number of methoxy groups -OCH3 is 1. The minimum Gasteiger partial charge on any atom is -0.469 e. The van der Waals surface area contributed by atoms with Gasteiger partial charge in [-0.2, -0.15) is 0 Å². The van der Waals surface area contributed by atoms with Crippen LogP contribution in [-0.4, -0.2) is 30.4 Å². The largest absolute Gasteiger partial charge is 0.469 e. The number of benzene rings is 1. The molecule has 4 nitrogen and oxygen atoms in total. The van der Waals surface area contributed by atoms with Crippen LogP contribution in [-0.2, 0) is 14.3 Å². The highest BCUT2D eigenvalue weighted by Crippen LogP contribution is 2.36. The zero-order valence-electron chi connectivity index (χ0n) is 14.7. The number of rotatable bonds is 3. The Labute approximate surface area is 148 Å². The van der Waals surface area contributed by atoms with Crippen molar-refractivity contribution in [3.05, 3.63) is 35.6 Å². The van der Waals surface area contributed by atoms with E-state index in [2.05, 4.69) is 0 Å². The quantitative estimate of drug-likeness (QED) is 0.780. The summed E-state index contributed by atoms with van der Waals surface area (Å²) in [5, 5.41) is 0. The third kappa shape index (κ3) is 4.02. The third-order valence-electron chi connectivity index (χ3n) is 5.65. The Morgan fingerprint density at radius 1 is 1.00 bits per heavy atom. The summed E-state index contributed by atoms with van der Waals surface area (Å²) in [7, 11) is 1.42. The maximum absolute atomic E-state index is 13.2. The highest BCUT2D eigenvalue weighted by Gasteiger charge is 2.36. The van der Waals surface area contributed by atoms with Gasteiger partial charge in [0.05, 0.1) is 19.1 Å². The molecule has 1 saturated carbocycles. The summed E-state index contributed by atoms with van der Waals surface area (Å²) in [5.41, 5.74) is 1.01. The monoisotopic (exact) mass is 347 g/mol. The summed E-state index contributed by atoms with van der Waals surface area (Å²) in [5.74, 6) is -0.297. The van der Waals surface area contributed by atoms with E-state index in [4.69, 9.17) is 4.74 Å². The summed E-state index contributed by atoms with van der Waals surface area (Å²) in [6.07, 6.45) is 5.95. The molecule has 1 heterocycles. The average molecular weight is 347 g/mol. The van der Waals surface area contributed by atoms with Crippen molar-refractivity contribution in [1.29, 1.82) is 0 Å². The topological polar surface area (TPSA) is 46.6 Å². The molecule has 25 heavy (non-hydrogen) atoms. The van der Waals surface area contributed by atoms with E-state index in [0.717, 1.165) is 57.1 Å². The first-order chi connectivity index (χ1) is 12.1. The van der Waals surface area contributed by atoms with Gasteiger partial charge in [-0.05, 0) is 62.6 Å². The Morgan fingerprint density at radius 3 is 2.28 bits per heavy atom. The number of carbonyl (C=O) groups excluding carboxylic acids is 2. The van der Waals surface area contributed by atoms with Crippen molar-refractivity contribution in [2.75, 3.05) is 13.7 Å². The molecule has 136 valence electrons. The minimum absolute atomic E-state index is 0.0121. The van der Waals surface area contributed by atoms with Gasteiger partial charge in [-0.1, -0.05) is 12.1 Å². The van der Waals surface area contributed by atoms with Gasteiger partial charge in [0.25, 0.3) is 0 Å². The van der Waals surface area contributed by atoms with Crippen molar-refractivity contribution in [2.24, 2.45) is 11.8 Å². The molecule has 0 N–H and O–H groups in total. The van der Waals surface area contributed by atoms with E-state index in [0.29, 0.717) is 0 Å². The van der Waals surface area contributed by atoms with Crippen molar-refractivity contribution < 1.29 is 18.7 Å². The van der Waals surface area contributed by atoms with Gasteiger partial charge in [-0.25, -0.2) is 4.39 Å². The van der Waals surface area contributed by atoms with Crippen molar-refractivity contribution in [3.8, 4) is 0 Å². The molecule has 5 heteroatoms. The summed E-state index contributed by atoms with van der Waals surface area (Å²) in [4.78, 5) is 26.7. The van der Waals surface area contributed by atoms with Crippen LogP contribution in [0.4, 0.5) is 4.39 Å². The van der Waals surface area contributed by atoms with E-state index in [1.54, 1.807) is 12.1 Å². The molecule has 0 radical (unpaired) electrons. The molecule has 1 amide bonds. The summed E-state index contributed by atoms with van der Waals surface area (Å²) >= 11 is 0. The number of esters is 1. The Balaban J connectivity index is 1.67. The van der Waals surface area contributed by atoms with E-state index < -0.39 is 0 Å². The lowest BCUT2D eigenvalue weighted by atomic mass is 9.80. The number of halogens is 1. The molecule has 1 aliphatic heterocycles. The predicted molar refractivity (Wildman–Crippen MR) is 92.2 cm³/mol. The molecule has 1 atom stereocenters. The molecule has 1 aromatic carbocycles. The second-order valence-corrected chi connectivity index (χ2v) is 7.17. The molecule has 1 saturated heterocycles. The number of likely N-dealkylation sites (tertiary alicyclic amines) is 1. The zero-order chi connectivity index (χ0) is 17.8. The van der Waals surface area contributed by atoms with Gasteiger partial charge >= 0.3 is 5.97 Å².